The molecule has 2 aromatic heterocycles. The summed E-state index contributed by atoms with van der Waals surface area (Å²) in [4.78, 5) is 33.4. The molecule has 3 aromatic rings. The number of aryl methyl sites for hydroxylation is 1. The van der Waals surface area contributed by atoms with E-state index < -0.39 is 5.97 Å². The van der Waals surface area contributed by atoms with Crippen LogP contribution in [-0.2, 0) is 4.74 Å². The lowest BCUT2D eigenvalue weighted by Gasteiger charge is -2.10. The van der Waals surface area contributed by atoms with E-state index in [2.05, 4.69) is 15.3 Å². The number of carboxylic acids is 1. The van der Waals surface area contributed by atoms with Gasteiger partial charge in [-0.15, -0.1) is 11.3 Å². The van der Waals surface area contributed by atoms with Gasteiger partial charge < -0.3 is 15.2 Å². The molecule has 7 nitrogen and oxygen atoms in total. The van der Waals surface area contributed by atoms with Crippen LogP contribution in [0.25, 0.3) is 10.2 Å². The summed E-state index contributed by atoms with van der Waals surface area (Å²) >= 11 is 1.24. The molecule has 0 aliphatic carbocycles. The fourth-order valence-corrected chi connectivity index (χ4v) is 3.62. The lowest BCUT2D eigenvalue weighted by molar-refractivity contribution is 0.0463. The fraction of sp³-hybridized carbons (Fsp3) is 0.263. The van der Waals surface area contributed by atoms with Crippen LogP contribution in [0.5, 0.6) is 0 Å². The van der Waals surface area contributed by atoms with E-state index in [1.54, 1.807) is 18.2 Å². The number of rotatable bonds is 6. The molecule has 0 bridgehead atoms. The average molecular weight is 385 g/mol. The molecular formula is C19H19N3O4S. The van der Waals surface area contributed by atoms with Crippen LogP contribution < -0.4 is 5.32 Å². The highest BCUT2D eigenvalue weighted by Gasteiger charge is 2.21. The van der Waals surface area contributed by atoms with Gasteiger partial charge in [-0.3, -0.25) is 0 Å². The molecule has 140 valence electrons. The van der Waals surface area contributed by atoms with Gasteiger partial charge in [-0.25, -0.2) is 19.6 Å². The van der Waals surface area contributed by atoms with Crippen molar-refractivity contribution in [2.24, 2.45) is 5.92 Å². The largest absolute Gasteiger partial charge is 0.478 e. The molecule has 0 saturated carbocycles. The smallest absolute Gasteiger partial charge is 0.348 e. The number of benzene rings is 1. The number of para-hydroxylation sites is 1. The molecule has 1 aromatic carbocycles. The molecule has 0 radical (unpaired) electrons. The number of hydrogen-bond donors (Lipinski definition) is 2. The minimum absolute atomic E-state index is 0.133. The van der Waals surface area contributed by atoms with Crippen LogP contribution in [0.4, 0.5) is 11.5 Å². The third kappa shape index (κ3) is 3.90. The van der Waals surface area contributed by atoms with Crippen molar-refractivity contribution in [1.82, 2.24) is 9.97 Å². The maximum Gasteiger partial charge on any atom is 0.348 e. The predicted molar refractivity (Wildman–Crippen MR) is 104 cm³/mol. The summed E-state index contributed by atoms with van der Waals surface area (Å²) in [6.07, 6.45) is 1.38. The van der Waals surface area contributed by atoms with E-state index in [0.717, 1.165) is 0 Å². The van der Waals surface area contributed by atoms with Crippen molar-refractivity contribution in [2.75, 3.05) is 11.9 Å². The average Bonchev–Trinajstić information content (AvgIpc) is 2.98. The lowest BCUT2D eigenvalue weighted by Crippen LogP contribution is -2.09. The molecule has 0 aliphatic rings. The quantitative estimate of drug-likeness (QED) is 0.612. The zero-order valence-corrected chi connectivity index (χ0v) is 16.0. The molecule has 0 unspecified atom stereocenters. The Balaban J connectivity index is 2.01. The molecule has 8 heteroatoms. The number of carbonyl (C=O) groups excluding carboxylic acids is 1. The van der Waals surface area contributed by atoms with Gasteiger partial charge in [-0.2, -0.15) is 0 Å². The number of ether oxygens (including phenoxy) is 1. The van der Waals surface area contributed by atoms with Gasteiger partial charge in [0, 0.05) is 0 Å². The Morgan fingerprint density at radius 2 is 2.00 bits per heavy atom. The summed E-state index contributed by atoms with van der Waals surface area (Å²) in [6.45, 7) is 6.09. The van der Waals surface area contributed by atoms with Crippen LogP contribution in [0.2, 0.25) is 0 Å². The molecule has 2 heterocycles. The monoisotopic (exact) mass is 385 g/mol. The van der Waals surface area contributed by atoms with E-state index in [1.807, 2.05) is 20.8 Å². The second-order valence-electron chi connectivity index (χ2n) is 6.43. The second kappa shape index (κ2) is 7.71. The highest BCUT2D eigenvalue weighted by atomic mass is 32.1. The highest BCUT2D eigenvalue weighted by Crippen LogP contribution is 2.35. The minimum atomic E-state index is -1.04. The number of nitrogens with one attached hydrogen (secondary N) is 1. The minimum Gasteiger partial charge on any atom is -0.478 e. The summed E-state index contributed by atoms with van der Waals surface area (Å²) in [5, 5.41) is 13.1. The van der Waals surface area contributed by atoms with Gasteiger partial charge in [0.15, 0.2) is 0 Å². The molecule has 27 heavy (non-hydrogen) atoms. The number of esters is 1. The van der Waals surface area contributed by atoms with Crippen LogP contribution in [0.1, 0.15) is 39.4 Å². The Morgan fingerprint density at radius 1 is 1.26 bits per heavy atom. The maximum atomic E-state index is 12.4. The van der Waals surface area contributed by atoms with E-state index in [1.165, 1.54) is 23.7 Å². The summed E-state index contributed by atoms with van der Waals surface area (Å²) in [7, 11) is 0. The normalized spacial score (nSPS) is 11.0. The van der Waals surface area contributed by atoms with E-state index >= 15 is 0 Å². The number of hydrogen-bond acceptors (Lipinski definition) is 7. The zero-order valence-electron chi connectivity index (χ0n) is 15.1. The summed E-state index contributed by atoms with van der Waals surface area (Å²) in [6, 6.07) is 6.57. The highest BCUT2D eigenvalue weighted by molar-refractivity contribution is 7.20. The Hall–Kier alpha value is -3.00. The third-order valence-electron chi connectivity index (χ3n) is 3.87. The Kier molecular flexibility index (Phi) is 5.36. The molecule has 0 fully saturated rings. The van der Waals surface area contributed by atoms with Gasteiger partial charge >= 0.3 is 11.9 Å². The zero-order chi connectivity index (χ0) is 19.6. The molecule has 0 spiro atoms. The van der Waals surface area contributed by atoms with Crippen LogP contribution in [0, 0.1) is 12.8 Å². The molecule has 0 aliphatic heterocycles. The topological polar surface area (TPSA) is 101 Å². The first-order chi connectivity index (χ1) is 12.9. The third-order valence-corrected chi connectivity index (χ3v) is 5.05. The van der Waals surface area contributed by atoms with Crippen molar-refractivity contribution >= 4 is 45.0 Å². The van der Waals surface area contributed by atoms with Crippen LogP contribution >= 0.6 is 11.3 Å². The molecule has 3 rings (SSSR count). The fourth-order valence-electron chi connectivity index (χ4n) is 2.58. The first-order valence-corrected chi connectivity index (χ1v) is 9.20. The first-order valence-electron chi connectivity index (χ1n) is 8.39. The molecular weight excluding hydrogens is 366 g/mol. The van der Waals surface area contributed by atoms with Crippen molar-refractivity contribution in [3.8, 4) is 0 Å². The molecule has 2 N–H and O–H groups in total. The van der Waals surface area contributed by atoms with Gasteiger partial charge in [0.25, 0.3) is 0 Å². The van der Waals surface area contributed by atoms with E-state index in [4.69, 9.17) is 4.74 Å². The van der Waals surface area contributed by atoms with E-state index in [0.29, 0.717) is 38.8 Å². The number of carboxylic acid groups (broad SMARTS) is 1. The Bertz CT molecular complexity index is 1010. The number of fused-ring (bicyclic) bond motifs is 1. The van der Waals surface area contributed by atoms with Crippen molar-refractivity contribution < 1.29 is 19.4 Å². The van der Waals surface area contributed by atoms with Crippen LogP contribution in [0.3, 0.4) is 0 Å². The van der Waals surface area contributed by atoms with Crippen LogP contribution in [-0.4, -0.2) is 33.6 Å². The molecule has 0 amide bonds. The van der Waals surface area contributed by atoms with Gasteiger partial charge in [0.2, 0.25) is 0 Å². The van der Waals surface area contributed by atoms with Gasteiger partial charge in [0.1, 0.15) is 21.9 Å². The summed E-state index contributed by atoms with van der Waals surface area (Å²) in [5.41, 5.74) is 1.26. The number of aromatic nitrogens is 2. The van der Waals surface area contributed by atoms with Crippen molar-refractivity contribution in [3.05, 3.63) is 46.6 Å². The second-order valence-corrected chi connectivity index (χ2v) is 7.43. The predicted octanol–water partition coefficient (Wildman–Crippen LogP) is 4.25. The first kappa shape index (κ1) is 18.8. The molecule has 0 atom stereocenters. The number of nitrogens with zero attached hydrogens (tertiary/aromatic N) is 2. The van der Waals surface area contributed by atoms with Crippen molar-refractivity contribution in [2.45, 2.75) is 20.8 Å². The lowest BCUT2D eigenvalue weighted by atomic mass is 10.1. The van der Waals surface area contributed by atoms with Crippen molar-refractivity contribution in [1.29, 1.82) is 0 Å². The Morgan fingerprint density at radius 3 is 2.70 bits per heavy atom. The number of aromatic carboxylic acids is 1. The standard InChI is InChI=1S/C19H19N3O4S/c1-10(2)8-26-19(25)15-11(3)14-16(20-9-21-17(14)27-15)22-13-7-5-4-6-12(13)18(23)24/h4-7,9-10H,8H2,1-3H3,(H,23,24)(H,20,21,22). The van der Waals surface area contributed by atoms with E-state index in [9.17, 15) is 14.7 Å². The number of anilines is 2. The van der Waals surface area contributed by atoms with Crippen molar-refractivity contribution in [3.63, 3.8) is 0 Å². The maximum absolute atomic E-state index is 12.4. The summed E-state index contributed by atoms with van der Waals surface area (Å²) < 4.78 is 5.33. The van der Waals surface area contributed by atoms with Gasteiger partial charge in [-0.05, 0) is 30.5 Å². The van der Waals surface area contributed by atoms with Crippen LogP contribution in [0.15, 0.2) is 30.6 Å². The summed E-state index contributed by atoms with van der Waals surface area (Å²) in [5.74, 6) is -0.733. The Labute approximate surface area is 160 Å². The number of carbonyl (C=O) groups is 2. The van der Waals surface area contributed by atoms with Gasteiger partial charge in [0.05, 0.1) is 23.2 Å². The van der Waals surface area contributed by atoms with Gasteiger partial charge in [-0.1, -0.05) is 26.0 Å². The van der Waals surface area contributed by atoms with E-state index in [-0.39, 0.29) is 17.5 Å². The number of thiophene rings is 1. The molecule has 0 saturated heterocycles. The SMILES string of the molecule is Cc1c(C(=O)OCC(C)C)sc2ncnc(Nc3ccccc3C(=O)O)c12.